The molecule has 3 amide bonds. The van der Waals surface area contributed by atoms with Gasteiger partial charge in [0.25, 0.3) is 5.91 Å². The monoisotopic (exact) mass is 365 g/mol. The molecule has 0 spiro atoms. The highest BCUT2D eigenvalue weighted by Crippen LogP contribution is 2.29. The average Bonchev–Trinajstić information content (AvgIpc) is 3.09. The standard InChI is InChI=1S/C21H23N3O3/c1-3-14-6-4-5-7-18(14)24-13-16(12-19(24)25)21(27)23-17-10-8-15(9-11-17)20(26)22-2/h4-11,16H,3,12-13H2,1-2H3,(H,22,26)(H,23,27). The Morgan fingerprint density at radius 3 is 2.48 bits per heavy atom. The topological polar surface area (TPSA) is 78.5 Å². The molecular formula is C21H23N3O3. The number of carbonyl (C=O) groups excluding carboxylic acids is 3. The molecule has 0 bridgehead atoms. The van der Waals surface area contributed by atoms with Crippen LogP contribution in [0.15, 0.2) is 48.5 Å². The van der Waals surface area contributed by atoms with Crippen LogP contribution in [-0.2, 0) is 16.0 Å². The lowest BCUT2D eigenvalue weighted by atomic mass is 10.1. The number of hydrogen-bond acceptors (Lipinski definition) is 3. The molecule has 27 heavy (non-hydrogen) atoms. The fraction of sp³-hybridized carbons (Fsp3) is 0.286. The molecule has 1 fully saturated rings. The van der Waals surface area contributed by atoms with Gasteiger partial charge in [-0.25, -0.2) is 0 Å². The maximum Gasteiger partial charge on any atom is 0.251 e. The van der Waals surface area contributed by atoms with Gasteiger partial charge in [0.1, 0.15) is 0 Å². The molecule has 6 nitrogen and oxygen atoms in total. The van der Waals surface area contributed by atoms with Gasteiger partial charge in [-0.3, -0.25) is 14.4 Å². The third-order valence-electron chi connectivity index (χ3n) is 4.80. The number of rotatable bonds is 5. The van der Waals surface area contributed by atoms with E-state index >= 15 is 0 Å². The Hall–Kier alpha value is -3.15. The maximum atomic E-state index is 12.6. The summed E-state index contributed by atoms with van der Waals surface area (Å²) in [6, 6.07) is 14.5. The number of anilines is 2. The zero-order chi connectivity index (χ0) is 19.4. The summed E-state index contributed by atoms with van der Waals surface area (Å²) in [7, 11) is 1.57. The van der Waals surface area contributed by atoms with Gasteiger partial charge in [-0.1, -0.05) is 25.1 Å². The van der Waals surface area contributed by atoms with E-state index in [1.807, 2.05) is 31.2 Å². The van der Waals surface area contributed by atoms with Crippen molar-refractivity contribution >= 4 is 29.1 Å². The molecule has 0 aromatic heterocycles. The Morgan fingerprint density at radius 1 is 1.11 bits per heavy atom. The number of nitrogens with one attached hydrogen (secondary N) is 2. The van der Waals surface area contributed by atoms with Crippen molar-refractivity contribution in [3.63, 3.8) is 0 Å². The van der Waals surface area contributed by atoms with Crippen LogP contribution in [-0.4, -0.2) is 31.3 Å². The highest BCUT2D eigenvalue weighted by Gasteiger charge is 2.35. The molecule has 1 atom stereocenters. The molecule has 1 unspecified atom stereocenters. The smallest absolute Gasteiger partial charge is 0.251 e. The van der Waals surface area contributed by atoms with Crippen molar-refractivity contribution in [2.75, 3.05) is 23.8 Å². The summed E-state index contributed by atoms with van der Waals surface area (Å²) in [5.74, 6) is -0.806. The minimum absolute atomic E-state index is 0.0361. The van der Waals surface area contributed by atoms with Gasteiger partial charge in [0.05, 0.1) is 5.92 Å². The second kappa shape index (κ2) is 8.03. The van der Waals surface area contributed by atoms with Crippen molar-refractivity contribution < 1.29 is 14.4 Å². The average molecular weight is 365 g/mol. The zero-order valence-corrected chi connectivity index (χ0v) is 15.5. The van der Waals surface area contributed by atoms with Crippen LogP contribution >= 0.6 is 0 Å². The minimum atomic E-state index is -0.402. The maximum absolute atomic E-state index is 12.6. The van der Waals surface area contributed by atoms with Crippen molar-refractivity contribution in [2.24, 2.45) is 5.92 Å². The number of hydrogen-bond donors (Lipinski definition) is 2. The first kappa shape index (κ1) is 18.6. The summed E-state index contributed by atoms with van der Waals surface area (Å²) in [5, 5.41) is 5.39. The summed E-state index contributed by atoms with van der Waals surface area (Å²) >= 11 is 0. The molecule has 1 saturated heterocycles. The molecule has 6 heteroatoms. The number of amides is 3. The summed E-state index contributed by atoms with van der Waals surface area (Å²) in [5.41, 5.74) is 3.10. The molecule has 1 aliphatic rings. The molecule has 140 valence electrons. The quantitative estimate of drug-likeness (QED) is 0.855. The highest BCUT2D eigenvalue weighted by atomic mass is 16.2. The molecule has 2 aromatic carbocycles. The van der Waals surface area contributed by atoms with Crippen molar-refractivity contribution in [2.45, 2.75) is 19.8 Å². The van der Waals surface area contributed by atoms with Gasteiger partial charge < -0.3 is 15.5 Å². The Labute approximate surface area is 158 Å². The normalized spacial score (nSPS) is 16.3. The van der Waals surface area contributed by atoms with E-state index in [0.29, 0.717) is 17.8 Å². The van der Waals surface area contributed by atoms with E-state index in [2.05, 4.69) is 10.6 Å². The summed E-state index contributed by atoms with van der Waals surface area (Å²) in [4.78, 5) is 38.3. The van der Waals surface area contributed by atoms with Crippen LogP contribution in [0.25, 0.3) is 0 Å². The lowest BCUT2D eigenvalue weighted by Gasteiger charge is -2.20. The molecular weight excluding hydrogens is 342 g/mol. The lowest BCUT2D eigenvalue weighted by molar-refractivity contribution is -0.122. The first-order valence-corrected chi connectivity index (χ1v) is 9.04. The first-order chi connectivity index (χ1) is 13.0. The van der Waals surface area contributed by atoms with Crippen LogP contribution in [0.1, 0.15) is 29.3 Å². The summed E-state index contributed by atoms with van der Waals surface area (Å²) < 4.78 is 0. The highest BCUT2D eigenvalue weighted by molar-refractivity contribution is 6.04. The number of carbonyl (C=O) groups is 3. The Balaban J connectivity index is 1.68. The molecule has 1 aliphatic heterocycles. The van der Waals surface area contributed by atoms with Crippen molar-refractivity contribution in [3.05, 3.63) is 59.7 Å². The van der Waals surface area contributed by atoms with Crippen LogP contribution in [0.5, 0.6) is 0 Å². The fourth-order valence-corrected chi connectivity index (χ4v) is 3.28. The van der Waals surface area contributed by atoms with E-state index < -0.39 is 5.92 Å². The fourth-order valence-electron chi connectivity index (χ4n) is 3.28. The Kier molecular flexibility index (Phi) is 5.54. The van der Waals surface area contributed by atoms with Gasteiger partial charge in [-0.2, -0.15) is 0 Å². The molecule has 0 radical (unpaired) electrons. The van der Waals surface area contributed by atoms with E-state index in [0.717, 1.165) is 17.7 Å². The second-order valence-corrected chi connectivity index (χ2v) is 6.53. The van der Waals surface area contributed by atoms with E-state index in [9.17, 15) is 14.4 Å². The molecule has 2 aromatic rings. The zero-order valence-electron chi connectivity index (χ0n) is 15.5. The number of benzene rings is 2. The van der Waals surface area contributed by atoms with Gasteiger partial charge in [0.2, 0.25) is 11.8 Å². The molecule has 0 saturated carbocycles. The second-order valence-electron chi connectivity index (χ2n) is 6.53. The van der Waals surface area contributed by atoms with Crippen LogP contribution < -0.4 is 15.5 Å². The Bertz CT molecular complexity index is 861. The number of para-hydroxylation sites is 1. The third-order valence-corrected chi connectivity index (χ3v) is 4.80. The van der Waals surface area contributed by atoms with E-state index in [1.165, 1.54) is 0 Å². The molecule has 0 aliphatic carbocycles. The van der Waals surface area contributed by atoms with Crippen molar-refractivity contribution in [1.82, 2.24) is 5.32 Å². The number of aryl methyl sites for hydroxylation is 1. The molecule has 3 rings (SSSR count). The van der Waals surface area contributed by atoms with E-state index in [4.69, 9.17) is 0 Å². The van der Waals surface area contributed by atoms with E-state index in [-0.39, 0.29) is 24.1 Å². The van der Waals surface area contributed by atoms with Crippen LogP contribution in [0.3, 0.4) is 0 Å². The molecule has 1 heterocycles. The van der Waals surface area contributed by atoms with E-state index in [1.54, 1.807) is 36.2 Å². The van der Waals surface area contributed by atoms with Gasteiger partial charge in [0.15, 0.2) is 0 Å². The SMILES string of the molecule is CCc1ccccc1N1CC(C(=O)Nc2ccc(C(=O)NC)cc2)CC1=O. The van der Waals surface area contributed by atoms with Crippen LogP contribution in [0.4, 0.5) is 11.4 Å². The van der Waals surface area contributed by atoms with Gasteiger partial charge in [-0.15, -0.1) is 0 Å². The van der Waals surface area contributed by atoms with Gasteiger partial charge in [-0.05, 0) is 42.3 Å². The summed E-state index contributed by atoms with van der Waals surface area (Å²) in [6.45, 7) is 2.42. The van der Waals surface area contributed by atoms with Crippen LogP contribution in [0.2, 0.25) is 0 Å². The van der Waals surface area contributed by atoms with Crippen molar-refractivity contribution in [1.29, 1.82) is 0 Å². The van der Waals surface area contributed by atoms with Gasteiger partial charge in [0, 0.05) is 37.0 Å². The lowest BCUT2D eigenvalue weighted by Crippen LogP contribution is -2.28. The predicted molar refractivity (Wildman–Crippen MR) is 105 cm³/mol. The van der Waals surface area contributed by atoms with Crippen LogP contribution in [0, 0.1) is 5.92 Å². The largest absolute Gasteiger partial charge is 0.355 e. The van der Waals surface area contributed by atoms with Gasteiger partial charge >= 0.3 is 0 Å². The first-order valence-electron chi connectivity index (χ1n) is 9.04. The number of nitrogens with zero attached hydrogens (tertiary/aromatic N) is 1. The molecule has 2 N–H and O–H groups in total. The Morgan fingerprint density at radius 2 is 1.81 bits per heavy atom. The predicted octanol–water partition coefficient (Wildman–Crippen LogP) is 2.60. The van der Waals surface area contributed by atoms with Crippen molar-refractivity contribution in [3.8, 4) is 0 Å². The summed E-state index contributed by atoms with van der Waals surface area (Å²) in [6.07, 6.45) is 1.02. The third kappa shape index (κ3) is 4.00. The minimum Gasteiger partial charge on any atom is -0.355 e.